The van der Waals surface area contributed by atoms with E-state index in [1.807, 2.05) is 0 Å². The molecule has 0 bridgehead atoms. The van der Waals surface area contributed by atoms with E-state index < -0.39 is 0 Å². The van der Waals surface area contributed by atoms with Crippen molar-refractivity contribution in [3.8, 4) is 0 Å². The van der Waals surface area contributed by atoms with Crippen LogP contribution in [0.5, 0.6) is 0 Å². The molecule has 2 fully saturated rings. The second-order valence-electron chi connectivity index (χ2n) is 7.85. The van der Waals surface area contributed by atoms with Crippen molar-refractivity contribution < 1.29 is 4.74 Å². The second kappa shape index (κ2) is 12.7. The summed E-state index contributed by atoms with van der Waals surface area (Å²) in [5.41, 5.74) is 1.29. The summed E-state index contributed by atoms with van der Waals surface area (Å²) in [5, 5.41) is 0. The van der Waals surface area contributed by atoms with Crippen molar-refractivity contribution in [1.29, 1.82) is 0 Å². The Hall–Kier alpha value is -0.610. The number of rotatable bonds is 7. The third-order valence-corrected chi connectivity index (χ3v) is 5.65. The molecule has 0 aromatic heterocycles. The molecule has 0 atom stereocenters. The molecule has 1 aromatic rings. The fourth-order valence-electron chi connectivity index (χ4n) is 4.16. The highest BCUT2D eigenvalue weighted by Gasteiger charge is 2.20. The molecule has 3 rings (SSSR count). The molecule has 148 valence electrons. The van der Waals surface area contributed by atoms with Crippen LogP contribution in [-0.4, -0.2) is 55.2 Å². The standard InChI is InChI=1S/C22H36N2O.ClH/c1-2-9-15-23(14-8-1)18-22(19-24-16-10-3-4-11-17-24)25-20-21-12-6-5-7-13-21;/h5-7,12-13,22H,1-4,8-11,14-20H2;1H. The first-order valence-electron chi connectivity index (χ1n) is 10.5. The largest absolute Gasteiger partial charge is 0.371 e. The quantitative estimate of drug-likeness (QED) is 0.679. The summed E-state index contributed by atoms with van der Waals surface area (Å²) in [7, 11) is 0. The van der Waals surface area contributed by atoms with Crippen LogP contribution in [0.2, 0.25) is 0 Å². The number of hydrogen-bond donors (Lipinski definition) is 0. The van der Waals surface area contributed by atoms with Gasteiger partial charge < -0.3 is 14.5 Å². The Morgan fingerprint density at radius 3 is 1.62 bits per heavy atom. The van der Waals surface area contributed by atoms with E-state index in [1.165, 1.54) is 83.1 Å². The van der Waals surface area contributed by atoms with Crippen LogP contribution in [0.25, 0.3) is 0 Å². The van der Waals surface area contributed by atoms with Gasteiger partial charge >= 0.3 is 0 Å². The predicted octanol–water partition coefficient (Wildman–Crippen LogP) is 4.75. The highest BCUT2D eigenvalue weighted by molar-refractivity contribution is 5.85. The Bertz CT molecular complexity index is 432. The van der Waals surface area contributed by atoms with Gasteiger partial charge in [0.1, 0.15) is 0 Å². The Morgan fingerprint density at radius 2 is 1.15 bits per heavy atom. The molecule has 1 aromatic carbocycles. The van der Waals surface area contributed by atoms with E-state index >= 15 is 0 Å². The van der Waals surface area contributed by atoms with Gasteiger partial charge in [0, 0.05) is 13.1 Å². The van der Waals surface area contributed by atoms with Crippen LogP contribution in [0, 0.1) is 0 Å². The fourth-order valence-corrected chi connectivity index (χ4v) is 4.16. The Balaban J connectivity index is 0.00000243. The molecule has 3 nitrogen and oxygen atoms in total. The Kier molecular flexibility index (Phi) is 10.6. The number of likely N-dealkylation sites (tertiary alicyclic amines) is 2. The van der Waals surface area contributed by atoms with Gasteiger partial charge in [-0.25, -0.2) is 0 Å². The average molecular weight is 381 g/mol. The van der Waals surface area contributed by atoms with Gasteiger partial charge in [-0.05, 0) is 57.4 Å². The van der Waals surface area contributed by atoms with Crippen molar-refractivity contribution in [2.45, 2.75) is 64.1 Å². The normalized spacial score (nSPS) is 20.3. The van der Waals surface area contributed by atoms with Crippen molar-refractivity contribution in [1.82, 2.24) is 9.80 Å². The van der Waals surface area contributed by atoms with Gasteiger partial charge in [0.15, 0.2) is 0 Å². The lowest BCUT2D eigenvalue weighted by atomic mass is 10.2. The zero-order valence-corrected chi connectivity index (χ0v) is 17.1. The molecular weight excluding hydrogens is 344 g/mol. The molecule has 0 amide bonds. The molecule has 0 N–H and O–H groups in total. The lowest BCUT2D eigenvalue weighted by Crippen LogP contribution is -2.42. The summed E-state index contributed by atoms with van der Waals surface area (Å²) in [6.45, 7) is 7.96. The van der Waals surface area contributed by atoms with E-state index in [0.29, 0.717) is 6.10 Å². The maximum absolute atomic E-state index is 6.43. The summed E-state index contributed by atoms with van der Waals surface area (Å²) >= 11 is 0. The van der Waals surface area contributed by atoms with Crippen LogP contribution in [0.15, 0.2) is 30.3 Å². The van der Waals surface area contributed by atoms with Gasteiger partial charge in [0.05, 0.1) is 12.7 Å². The minimum atomic E-state index is 0. The summed E-state index contributed by atoms with van der Waals surface area (Å²) in [5.74, 6) is 0. The summed E-state index contributed by atoms with van der Waals surface area (Å²) in [4.78, 5) is 5.31. The lowest BCUT2D eigenvalue weighted by molar-refractivity contribution is -0.00516. The third kappa shape index (κ3) is 7.96. The molecule has 0 radical (unpaired) electrons. The highest BCUT2D eigenvalue weighted by Crippen LogP contribution is 2.15. The maximum atomic E-state index is 6.43. The average Bonchev–Trinajstić information content (AvgIpc) is 3.06. The van der Waals surface area contributed by atoms with Crippen molar-refractivity contribution in [2.75, 3.05) is 39.3 Å². The van der Waals surface area contributed by atoms with Gasteiger partial charge in [-0.3, -0.25) is 0 Å². The van der Waals surface area contributed by atoms with E-state index in [0.717, 1.165) is 19.7 Å². The van der Waals surface area contributed by atoms with Crippen LogP contribution in [0.3, 0.4) is 0 Å². The summed E-state index contributed by atoms with van der Waals surface area (Å²) in [6, 6.07) is 10.6. The van der Waals surface area contributed by atoms with E-state index in [4.69, 9.17) is 4.74 Å². The van der Waals surface area contributed by atoms with Crippen LogP contribution < -0.4 is 0 Å². The molecule has 2 heterocycles. The molecule has 2 saturated heterocycles. The Morgan fingerprint density at radius 1 is 0.692 bits per heavy atom. The monoisotopic (exact) mass is 380 g/mol. The molecule has 4 heteroatoms. The predicted molar refractivity (Wildman–Crippen MR) is 112 cm³/mol. The summed E-state index contributed by atoms with van der Waals surface area (Å²) < 4.78 is 6.43. The second-order valence-corrected chi connectivity index (χ2v) is 7.85. The SMILES string of the molecule is Cl.c1ccc(COC(CN2CCCCCC2)CN2CCCCCC2)cc1. The molecule has 2 aliphatic heterocycles. The smallest absolute Gasteiger partial charge is 0.0833 e. The van der Waals surface area contributed by atoms with Gasteiger partial charge in [0.2, 0.25) is 0 Å². The van der Waals surface area contributed by atoms with E-state index in [1.54, 1.807) is 0 Å². The van der Waals surface area contributed by atoms with Gasteiger partial charge in [-0.2, -0.15) is 0 Å². The fraction of sp³-hybridized carbons (Fsp3) is 0.727. The molecule has 0 saturated carbocycles. The van der Waals surface area contributed by atoms with Crippen molar-refractivity contribution in [3.05, 3.63) is 35.9 Å². The van der Waals surface area contributed by atoms with Crippen LogP contribution in [0.1, 0.15) is 56.9 Å². The highest BCUT2D eigenvalue weighted by atomic mass is 35.5. The molecule has 0 aliphatic carbocycles. The van der Waals surface area contributed by atoms with Crippen LogP contribution >= 0.6 is 12.4 Å². The minimum absolute atomic E-state index is 0. The van der Waals surface area contributed by atoms with Gasteiger partial charge in [-0.1, -0.05) is 56.0 Å². The third-order valence-electron chi connectivity index (χ3n) is 5.65. The van der Waals surface area contributed by atoms with E-state index in [9.17, 15) is 0 Å². The van der Waals surface area contributed by atoms with Crippen molar-refractivity contribution >= 4 is 12.4 Å². The first kappa shape index (κ1) is 21.7. The number of ether oxygens (including phenoxy) is 1. The zero-order chi connectivity index (χ0) is 17.2. The molecular formula is C22H37ClN2O. The minimum Gasteiger partial charge on any atom is -0.371 e. The number of benzene rings is 1. The molecule has 26 heavy (non-hydrogen) atoms. The molecule has 2 aliphatic rings. The number of hydrogen-bond acceptors (Lipinski definition) is 3. The molecule has 0 unspecified atom stereocenters. The topological polar surface area (TPSA) is 15.7 Å². The van der Waals surface area contributed by atoms with Gasteiger partial charge in [0.25, 0.3) is 0 Å². The van der Waals surface area contributed by atoms with E-state index in [-0.39, 0.29) is 12.4 Å². The van der Waals surface area contributed by atoms with Gasteiger partial charge in [-0.15, -0.1) is 12.4 Å². The van der Waals surface area contributed by atoms with Crippen molar-refractivity contribution in [3.63, 3.8) is 0 Å². The zero-order valence-electron chi connectivity index (χ0n) is 16.3. The van der Waals surface area contributed by atoms with Crippen molar-refractivity contribution in [2.24, 2.45) is 0 Å². The first-order chi connectivity index (χ1) is 12.4. The maximum Gasteiger partial charge on any atom is 0.0833 e. The van der Waals surface area contributed by atoms with Crippen LogP contribution in [0.4, 0.5) is 0 Å². The number of nitrogens with zero attached hydrogens (tertiary/aromatic N) is 2. The van der Waals surface area contributed by atoms with Crippen LogP contribution in [-0.2, 0) is 11.3 Å². The first-order valence-corrected chi connectivity index (χ1v) is 10.5. The molecule has 0 spiro atoms. The Labute approximate surface area is 166 Å². The van der Waals surface area contributed by atoms with E-state index in [2.05, 4.69) is 40.1 Å². The lowest BCUT2D eigenvalue weighted by Gasteiger charge is -2.30. The summed E-state index contributed by atoms with van der Waals surface area (Å²) in [6.07, 6.45) is 11.4. The number of halogens is 1.